The third kappa shape index (κ3) is 2.66. The number of carbonyl (C=O) groups is 1. The summed E-state index contributed by atoms with van der Waals surface area (Å²) in [5, 5.41) is 14.3. The number of benzene rings is 2. The van der Waals surface area contributed by atoms with Gasteiger partial charge in [0.15, 0.2) is 0 Å². The zero-order chi connectivity index (χ0) is 16.4. The van der Waals surface area contributed by atoms with Crippen LogP contribution in [0.1, 0.15) is 22.1 Å². The van der Waals surface area contributed by atoms with Crippen molar-refractivity contribution >= 4 is 17.3 Å². The number of non-ortho nitro benzene ring substituents is 1. The number of rotatable bonds is 4. The first-order chi connectivity index (χ1) is 11.1. The number of anilines is 1. The van der Waals surface area contributed by atoms with E-state index in [9.17, 15) is 14.9 Å². The first-order valence-electron chi connectivity index (χ1n) is 7.13. The van der Waals surface area contributed by atoms with Crippen LogP contribution in [0.15, 0.2) is 61.2 Å². The fraction of sp³-hybridized carbons (Fsp3) is 0.118. The van der Waals surface area contributed by atoms with Crippen molar-refractivity contribution < 1.29 is 9.72 Å². The molecule has 6 heteroatoms. The Bertz CT molecular complexity index is 788. The van der Waals surface area contributed by atoms with Gasteiger partial charge in [0, 0.05) is 29.9 Å². The number of amides is 1. The Balaban J connectivity index is 2.06. The van der Waals surface area contributed by atoms with Gasteiger partial charge in [0.25, 0.3) is 11.6 Å². The van der Waals surface area contributed by atoms with E-state index in [1.165, 1.54) is 12.1 Å². The third-order valence-electron chi connectivity index (χ3n) is 3.74. The van der Waals surface area contributed by atoms with Crippen LogP contribution >= 0.6 is 0 Å². The number of para-hydroxylation sites is 1. The molecule has 0 aliphatic carbocycles. The van der Waals surface area contributed by atoms with E-state index in [0.29, 0.717) is 23.4 Å². The van der Waals surface area contributed by atoms with Gasteiger partial charge < -0.3 is 10.2 Å². The van der Waals surface area contributed by atoms with Crippen molar-refractivity contribution in [3.05, 3.63) is 82.4 Å². The normalized spacial score (nSPS) is 16.4. The first-order valence-corrected chi connectivity index (χ1v) is 7.13. The van der Waals surface area contributed by atoms with Gasteiger partial charge in [-0.25, -0.2) is 0 Å². The van der Waals surface area contributed by atoms with Crippen LogP contribution in [-0.4, -0.2) is 22.3 Å². The Morgan fingerprint density at radius 2 is 2.04 bits per heavy atom. The molecule has 6 nitrogen and oxygen atoms in total. The van der Waals surface area contributed by atoms with Gasteiger partial charge in [0.05, 0.1) is 10.5 Å². The standard InChI is InChI=1S/C17H15N3O3/c1-2-10-19-16(12-6-5-7-13(11-12)20(22)23)18-15-9-4-3-8-14(15)17(19)21/h2-9,11,16,18H,1,10H2. The first kappa shape index (κ1) is 14.8. The third-order valence-corrected chi connectivity index (χ3v) is 3.74. The van der Waals surface area contributed by atoms with E-state index in [1.54, 1.807) is 35.2 Å². The zero-order valence-electron chi connectivity index (χ0n) is 12.3. The topological polar surface area (TPSA) is 75.5 Å². The molecule has 2 aromatic carbocycles. The van der Waals surface area contributed by atoms with Crippen molar-refractivity contribution in [3.8, 4) is 0 Å². The predicted octanol–water partition coefficient (Wildman–Crippen LogP) is 3.35. The molecule has 0 saturated carbocycles. The van der Waals surface area contributed by atoms with Gasteiger partial charge in [-0.15, -0.1) is 6.58 Å². The molecule has 1 heterocycles. The van der Waals surface area contributed by atoms with Gasteiger partial charge in [-0.2, -0.15) is 0 Å². The Morgan fingerprint density at radius 1 is 1.26 bits per heavy atom. The number of nitrogens with one attached hydrogen (secondary N) is 1. The van der Waals surface area contributed by atoms with Gasteiger partial charge in [0.1, 0.15) is 6.17 Å². The second-order valence-electron chi connectivity index (χ2n) is 5.19. The number of nitro benzene ring substituents is 1. The lowest BCUT2D eigenvalue weighted by molar-refractivity contribution is -0.384. The molecule has 1 unspecified atom stereocenters. The summed E-state index contributed by atoms with van der Waals surface area (Å²) in [5.74, 6) is -0.129. The van der Waals surface area contributed by atoms with E-state index in [2.05, 4.69) is 11.9 Å². The highest BCUT2D eigenvalue weighted by Crippen LogP contribution is 2.33. The minimum atomic E-state index is -0.477. The number of hydrogen-bond acceptors (Lipinski definition) is 4. The van der Waals surface area contributed by atoms with Gasteiger partial charge in [-0.1, -0.05) is 30.3 Å². The quantitative estimate of drug-likeness (QED) is 0.534. The van der Waals surface area contributed by atoms with Crippen molar-refractivity contribution in [2.45, 2.75) is 6.17 Å². The highest BCUT2D eigenvalue weighted by Gasteiger charge is 2.32. The summed E-state index contributed by atoms with van der Waals surface area (Å²) < 4.78 is 0. The Morgan fingerprint density at radius 3 is 2.78 bits per heavy atom. The summed E-state index contributed by atoms with van der Waals surface area (Å²) in [4.78, 5) is 24.9. The molecule has 0 bridgehead atoms. The molecule has 0 spiro atoms. The number of nitro groups is 1. The van der Waals surface area contributed by atoms with Crippen LogP contribution in [0.4, 0.5) is 11.4 Å². The molecule has 116 valence electrons. The lowest BCUT2D eigenvalue weighted by Crippen LogP contribution is -2.42. The molecule has 1 aliphatic heterocycles. The van der Waals surface area contributed by atoms with Crippen LogP contribution in [0.3, 0.4) is 0 Å². The Kier molecular flexibility index (Phi) is 3.80. The molecular weight excluding hydrogens is 294 g/mol. The van der Waals surface area contributed by atoms with E-state index < -0.39 is 11.1 Å². The molecule has 0 radical (unpaired) electrons. The minimum absolute atomic E-state index is 0.00541. The fourth-order valence-electron chi connectivity index (χ4n) is 2.69. The molecule has 0 fully saturated rings. The van der Waals surface area contributed by atoms with Gasteiger partial charge in [0.2, 0.25) is 0 Å². The van der Waals surface area contributed by atoms with E-state index in [1.807, 2.05) is 12.1 Å². The maximum atomic E-state index is 12.7. The van der Waals surface area contributed by atoms with Gasteiger partial charge in [-0.3, -0.25) is 14.9 Å². The second-order valence-corrected chi connectivity index (χ2v) is 5.19. The molecule has 3 rings (SSSR count). The van der Waals surface area contributed by atoms with Crippen LogP contribution in [0.25, 0.3) is 0 Å². The van der Waals surface area contributed by atoms with E-state index in [0.717, 1.165) is 0 Å². The fourth-order valence-corrected chi connectivity index (χ4v) is 2.69. The van der Waals surface area contributed by atoms with Crippen LogP contribution in [0.2, 0.25) is 0 Å². The summed E-state index contributed by atoms with van der Waals surface area (Å²) in [6.45, 7) is 4.03. The summed E-state index contributed by atoms with van der Waals surface area (Å²) in [6.07, 6.45) is 1.16. The van der Waals surface area contributed by atoms with Crippen molar-refractivity contribution in [3.63, 3.8) is 0 Å². The second kappa shape index (κ2) is 5.92. The largest absolute Gasteiger partial charge is 0.361 e. The lowest BCUT2D eigenvalue weighted by Gasteiger charge is -2.37. The number of carbonyl (C=O) groups excluding carboxylic acids is 1. The molecule has 0 aromatic heterocycles. The molecule has 1 amide bonds. The Labute approximate surface area is 133 Å². The van der Waals surface area contributed by atoms with Crippen molar-refractivity contribution in [1.29, 1.82) is 0 Å². The van der Waals surface area contributed by atoms with Crippen LogP contribution in [0, 0.1) is 10.1 Å². The predicted molar refractivity (Wildman–Crippen MR) is 87.1 cm³/mol. The van der Waals surface area contributed by atoms with Crippen LogP contribution in [0.5, 0.6) is 0 Å². The number of nitrogens with zero attached hydrogens (tertiary/aromatic N) is 2. The average molecular weight is 309 g/mol. The molecular formula is C17H15N3O3. The van der Waals surface area contributed by atoms with Crippen molar-refractivity contribution in [1.82, 2.24) is 4.90 Å². The average Bonchev–Trinajstić information content (AvgIpc) is 2.57. The van der Waals surface area contributed by atoms with Gasteiger partial charge in [-0.05, 0) is 12.1 Å². The lowest BCUT2D eigenvalue weighted by atomic mass is 10.0. The number of fused-ring (bicyclic) bond motifs is 1. The van der Waals surface area contributed by atoms with E-state index in [4.69, 9.17) is 0 Å². The zero-order valence-corrected chi connectivity index (χ0v) is 12.3. The summed E-state index contributed by atoms with van der Waals surface area (Å²) in [7, 11) is 0. The molecule has 1 aliphatic rings. The molecule has 1 N–H and O–H groups in total. The van der Waals surface area contributed by atoms with E-state index in [-0.39, 0.29) is 11.6 Å². The van der Waals surface area contributed by atoms with Crippen molar-refractivity contribution in [2.24, 2.45) is 0 Å². The molecule has 23 heavy (non-hydrogen) atoms. The smallest absolute Gasteiger partial charge is 0.269 e. The monoisotopic (exact) mass is 309 g/mol. The van der Waals surface area contributed by atoms with Crippen LogP contribution < -0.4 is 5.32 Å². The molecule has 1 atom stereocenters. The highest BCUT2D eigenvalue weighted by molar-refractivity contribution is 6.01. The SMILES string of the molecule is C=CCN1C(=O)c2ccccc2NC1c1cccc([N+](=O)[O-])c1. The minimum Gasteiger partial charge on any atom is -0.361 e. The van der Waals surface area contributed by atoms with Gasteiger partial charge >= 0.3 is 0 Å². The molecule has 0 saturated heterocycles. The molecule has 2 aromatic rings. The summed E-state index contributed by atoms with van der Waals surface area (Å²) >= 11 is 0. The summed E-state index contributed by atoms with van der Waals surface area (Å²) in [5.41, 5.74) is 1.95. The summed E-state index contributed by atoms with van der Waals surface area (Å²) in [6, 6.07) is 13.5. The number of hydrogen-bond donors (Lipinski definition) is 1. The van der Waals surface area contributed by atoms with Crippen LogP contribution in [-0.2, 0) is 0 Å². The highest BCUT2D eigenvalue weighted by atomic mass is 16.6. The maximum absolute atomic E-state index is 12.7. The van der Waals surface area contributed by atoms with E-state index >= 15 is 0 Å². The Hall–Kier alpha value is -3.15. The maximum Gasteiger partial charge on any atom is 0.269 e. The van der Waals surface area contributed by atoms with Crippen molar-refractivity contribution in [2.75, 3.05) is 11.9 Å².